The smallest absolute Gasteiger partial charge is 0.127 e. The third-order valence-electron chi connectivity index (χ3n) is 3.50. The fourth-order valence-corrected chi connectivity index (χ4v) is 2.78. The van der Waals surface area contributed by atoms with Crippen LogP contribution in [-0.2, 0) is 6.42 Å². The van der Waals surface area contributed by atoms with E-state index < -0.39 is 0 Å². The van der Waals surface area contributed by atoms with E-state index in [0.29, 0.717) is 22.5 Å². The Morgan fingerprint density at radius 1 is 1.44 bits per heavy atom. The molecule has 88 valence electrons. The fraction of sp³-hybridized carbons (Fsp3) is 0.538. The molecule has 1 nitrogen and oxygen atoms in total. The minimum absolute atomic E-state index is 0.166. The molecule has 16 heavy (non-hydrogen) atoms. The Morgan fingerprint density at radius 3 is 2.88 bits per heavy atom. The molecule has 0 aromatic heterocycles. The highest BCUT2D eigenvalue weighted by Crippen LogP contribution is 2.31. The van der Waals surface area contributed by atoms with Gasteiger partial charge < -0.3 is 5.32 Å². The van der Waals surface area contributed by atoms with Crippen molar-refractivity contribution in [3.8, 4) is 0 Å². The van der Waals surface area contributed by atoms with E-state index in [0.717, 1.165) is 19.3 Å². The maximum absolute atomic E-state index is 13.6. The lowest BCUT2D eigenvalue weighted by Gasteiger charge is -2.12. The van der Waals surface area contributed by atoms with Crippen LogP contribution in [-0.4, -0.2) is 13.1 Å². The molecule has 1 fully saturated rings. The SMILES string of the molecule is CNC1CCC(Cc2c(F)cccc2Cl)C1. The molecule has 2 atom stereocenters. The Balaban J connectivity index is 2.04. The van der Waals surface area contributed by atoms with Crippen LogP contribution >= 0.6 is 11.6 Å². The van der Waals surface area contributed by atoms with Crippen LogP contribution in [0.2, 0.25) is 5.02 Å². The summed E-state index contributed by atoms with van der Waals surface area (Å²) in [5.41, 5.74) is 0.686. The second-order valence-corrected chi connectivity index (χ2v) is 4.98. The summed E-state index contributed by atoms with van der Waals surface area (Å²) in [6.45, 7) is 0. The first-order valence-corrected chi connectivity index (χ1v) is 6.18. The van der Waals surface area contributed by atoms with Gasteiger partial charge >= 0.3 is 0 Å². The van der Waals surface area contributed by atoms with Crippen molar-refractivity contribution in [1.82, 2.24) is 5.32 Å². The lowest BCUT2D eigenvalue weighted by molar-refractivity contribution is 0.496. The summed E-state index contributed by atoms with van der Waals surface area (Å²) >= 11 is 6.02. The molecular weight excluding hydrogens is 225 g/mol. The van der Waals surface area contributed by atoms with E-state index in [1.165, 1.54) is 12.5 Å². The van der Waals surface area contributed by atoms with Crippen LogP contribution in [0.5, 0.6) is 0 Å². The van der Waals surface area contributed by atoms with Gasteiger partial charge in [0.15, 0.2) is 0 Å². The molecule has 1 N–H and O–H groups in total. The van der Waals surface area contributed by atoms with Gasteiger partial charge in [0.1, 0.15) is 5.82 Å². The number of halogens is 2. The normalized spacial score (nSPS) is 24.9. The van der Waals surface area contributed by atoms with Crippen molar-refractivity contribution in [1.29, 1.82) is 0 Å². The minimum atomic E-state index is -0.166. The van der Waals surface area contributed by atoms with Gasteiger partial charge in [-0.25, -0.2) is 4.39 Å². The Hall–Kier alpha value is -0.600. The Bertz CT molecular complexity index is 347. The maximum Gasteiger partial charge on any atom is 0.127 e. The highest BCUT2D eigenvalue weighted by Gasteiger charge is 2.24. The van der Waals surface area contributed by atoms with Gasteiger partial charge in [0.2, 0.25) is 0 Å². The first kappa shape index (κ1) is 11.9. The van der Waals surface area contributed by atoms with Crippen molar-refractivity contribution in [3.05, 3.63) is 34.6 Å². The zero-order chi connectivity index (χ0) is 11.5. The zero-order valence-electron chi connectivity index (χ0n) is 9.47. The van der Waals surface area contributed by atoms with Gasteiger partial charge in [-0.15, -0.1) is 0 Å². The van der Waals surface area contributed by atoms with Crippen molar-refractivity contribution in [3.63, 3.8) is 0 Å². The van der Waals surface area contributed by atoms with Gasteiger partial charge in [-0.1, -0.05) is 17.7 Å². The van der Waals surface area contributed by atoms with Crippen molar-refractivity contribution in [2.75, 3.05) is 7.05 Å². The van der Waals surface area contributed by atoms with Gasteiger partial charge in [0.05, 0.1) is 0 Å². The summed E-state index contributed by atoms with van der Waals surface area (Å²) in [6, 6.07) is 5.51. The van der Waals surface area contributed by atoms with Crippen LogP contribution in [0.15, 0.2) is 18.2 Å². The van der Waals surface area contributed by atoms with E-state index in [4.69, 9.17) is 11.6 Å². The lowest BCUT2D eigenvalue weighted by Crippen LogP contribution is -2.21. The molecule has 2 unspecified atom stereocenters. The highest BCUT2D eigenvalue weighted by molar-refractivity contribution is 6.31. The van der Waals surface area contributed by atoms with Gasteiger partial charge in [-0.3, -0.25) is 0 Å². The predicted molar refractivity (Wildman–Crippen MR) is 65.3 cm³/mol. The van der Waals surface area contributed by atoms with Crippen LogP contribution in [0.1, 0.15) is 24.8 Å². The van der Waals surface area contributed by atoms with Gasteiger partial charge in [-0.2, -0.15) is 0 Å². The monoisotopic (exact) mass is 241 g/mol. The molecule has 1 aliphatic rings. The molecule has 2 rings (SSSR count). The topological polar surface area (TPSA) is 12.0 Å². The number of hydrogen-bond donors (Lipinski definition) is 1. The van der Waals surface area contributed by atoms with Gasteiger partial charge in [0, 0.05) is 16.6 Å². The summed E-state index contributed by atoms with van der Waals surface area (Å²) in [7, 11) is 1.99. The standard InChI is InChI=1S/C13H17ClFN/c1-16-10-6-5-9(7-10)8-11-12(14)3-2-4-13(11)15/h2-4,9-10,16H,5-8H2,1H3. The van der Waals surface area contributed by atoms with E-state index in [9.17, 15) is 4.39 Å². The van der Waals surface area contributed by atoms with Crippen molar-refractivity contribution < 1.29 is 4.39 Å². The molecule has 0 spiro atoms. The lowest BCUT2D eigenvalue weighted by atomic mass is 9.97. The third-order valence-corrected chi connectivity index (χ3v) is 3.86. The molecule has 3 heteroatoms. The maximum atomic E-state index is 13.6. The zero-order valence-corrected chi connectivity index (χ0v) is 10.2. The van der Waals surface area contributed by atoms with Gasteiger partial charge in [-0.05, 0) is 50.8 Å². The van der Waals surface area contributed by atoms with Crippen LogP contribution in [0.4, 0.5) is 4.39 Å². The number of hydrogen-bond acceptors (Lipinski definition) is 1. The fourth-order valence-electron chi connectivity index (χ4n) is 2.54. The largest absolute Gasteiger partial charge is 0.317 e. The Kier molecular flexibility index (Phi) is 3.82. The molecule has 0 bridgehead atoms. The molecule has 0 aliphatic heterocycles. The molecule has 1 aliphatic carbocycles. The summed E-state index contributed by atoms with van der Waals surface area (Å²) in [5, 5.41) is 3.85. The average Bonchev–Trinajstić information content (AvgIpc) is 2.71. The van der Waals surface area contributed by atoms with Crippen LogP contribution < -0.4 is 5.32 Å². The molecular formula is C13H17ClFN. The Morgan fingerprint density at radius 2 is 2.25 bits per heavy atom. The molecule has 1 aromatic rings. The molecule has 0 saturated heterocycles. The first-order chi connectivity index (χ1) is 7.70. The minimum Gasteiger partial charge on any atom is -0.317 e. The number of nitrogens with one attached hydrogen (secondary N) is 1. The quantitative estimate of drug-likeness (QED) is 0.855. The number of rotatable bonds is 3. The predicted octanol–water partition coefficient (Wildman–Crippen LogP) is 3.41. The van der Waals surface area contributed by atoms with E-state index in [-0.39, 0.29) is 5.82 Å². The van der Waals surface area contributed by atoms with Crippen molar-refractivity contribution in [2.24, 2.45) is 5.92 Å². The van der Waals surface area contributed by atoms with Crippen molar-refractivity contribution >= 4 is 11.6 Å². The van der Waals surface area contributed by atoms with Crippen LogP contribution in [0, 0.1) is 11.7 Å². The molecule has 0 amide bonds. The Labute approximate surface area is 101 Å². The van der Waals surface area contributed by atoms with E-state index >= 15 is 0 Å². The second kappa shape index (κ2) is 5.15. The summed E-state index contributed by atoms with van der Waals surface area (Å²) in [4.78, 5) is 0. The summed E-state index contributed by atoms with van der Waals surface area (Å²) < 4.78 is 13.6. The number of benzene rings is 1. The van der Waals surface area contributed by atoms with E-state index in [1.807, 2.05) is 7.05 Å². The van der Waals surface area contributed by atoms with Gasteiger partial charge in [0.25, 0.3) is 0 Å². The summed E-state index contributed by atoms with van der Waals surface area (Å²) in [6.07, 6.45) is 4.24. The molecule has 0 heterocycles. The average molecular weight is 242 g/mol. The first-order valence-electron chi connectivity index (χ1n) is 5.81. The van der Waals surface area contributed by atoms with E-state index in [2.05, 4.69) is 5.32 Å². The van der Waals surface area contributed by atoms with E-state index in [1.54, 1.807) is 12.1 Å². The highest BCUT2D eigenvalue weighted by atomic mass is 35.5. The molecule has 1 saturated carbocycles. The van der Waals surface area contributed by atoms with Crippen molar-refractivity contribution in [2.45, 2.75) is 31.7 Å². The summed E-state index contributed by atoms with van der Waals surface area (Å²) in [5.74, 6) is 0.396. The third kappa shape index (κ3) is 2.55. The molecule has 0 radical (unpaired) electrons. The van der Waals surface area contributed by atoms with Crippen LogP contribution in [0.3, 0.4) is 0 Å². The second-order valence-electron chi connectivity index (χ2n) is 4.57. The molecule has 1 aromatic carbocycles. The van der Waals surface area contributed by atoms with Crippen LogP contribution in [0.25, 0.3) is 0 Å².